The molecule has 1 saturated heterocycles. The van der Waals surface area contributed by atoms with Gasteiger partial charge in [0.2, 0.25) is 5.91 Å². The van der Waals surface area contributed by atoms with Crippen LogP contribution in [0, 0.1) is 0 Å². The van der Waals surface area contributed by atoms with Gasteiger partial charge in [0.25, 0.3) is 5.91 Å². The van der Waals surface area contributed by atoms with Gasteiger partial charge in [0.05, 0.1) is 12.2 Å². The summed E-state index contributed by atoms with van der Waals surface area (Å²) >= 11 is 6.05. The Kier molecular flexibility index (Phi) is 8.62. The van der Waals surface area contributed by atoms with Gasteiger partial charge in [-0.05, 0) is 69.8 Å². The number of rotatable bonds is 3. The molecule has 0 spiro atoms. The van der Waals surface area contributed by atoms with Gasteiger partial charge in [-0.15, -0.1) is 0 Å². The van der Waals surface area contributed by atoms with Crippen molar-refractivity contribution in [1.29, 1.82) is 0 Å². The summed E-state index contributed by atoms with van der Waals surface area (Å²) in [5.41, 5.74) is 0.480. The molecule has 2 heterocycles. The van der Waals surface area contributed by atoms with Crippen LogP contribution < -0.4 is 10.1 Å². The van der Waals surface area contributed by atoms with Crippen LogP contribution in [0.25, 0.3) is 0 Å². The molecule has 0 bridgehead atoms. The fraction of sp³-hybridized carbons (Fsp3) is 0.636. The van der Waals surface area contributed by atoms with Gasteiger partial charge in [0.1, 0.15) is 5.75 Å². The highest BCUT2D eigenvalue weighted by Gasteiger charge is 2.18. The van der Waals surface area contributed by atoms with Crippen molar-refractivity contribution < 1.29 is 14.3 Å². The van der Waals surface area contributed by atoms with E-state index in [0.717, 1.165) is 58.4 Å². The Morgan fingerprint density at radius 3 is 2.55 bits per heavy atom. The third-order valence-corrected chi connectivity index (χ3v) is 5.83. The third-order valence-electron chi connectivity index (χ3n) is 5.60. The highest BCUT2D eigenvalue weighted by molar-refractivity contribution is 6.31. The lowest BCUT2D eigenvalue weighted by molar-refractivity contribution is -0.131. The molecule has 2 aliphatic rings. The molecular formula is C22H32ClN3O3. The zero-order chi connectivity index (χ0) is 20.5. The summed E-state index contributed by atoms with van der Waals surface area (Å²) in [4.78, 5) is 29.6. The van der Waals surface area contributed by atoms with E-state index in [1.165, 1.54) is 12.8 Å². The van der Waals surface area contributed by atoms with Crippen LogP contribution in [-0.4, -0.2) is 67.5 Å². The number of halogens is 1. The zero-order valence-corrected chi connectivity index (χ0v) is 17.9. The van der Waals surface area contributed by atoms with Crippen molar-refractivity contribution in [2.45, 2.75) is 44.9 Å². The lowest BCUT2D eigenvalue weighted by Gasteiger charge is -2.24. The first-order valence-electron chi connectivity index (χ1n) is 10.8. The highest BCUT2D eigenvalue weighted by Crippen LogP contribution is 2.23. The van der Waals surface area contributed by atoms with Gasteiger partial charge >= 0.3 is 0 Å². The topological polar surface area (TPSA) is 61.9 Å². The van der Waals surface area contributed by atoms with Crippen LogP contribution in [0.15, 0.2) is 18.2 Å². The molecule has 1 fully saturated rings. The van der Waals surface area contributed by atoms with Crippen LogP contribution in [0.1, 0.15) is 55.3 Å². The Morgan fingerprint density at radius 2 is 1.76 bits per heavy atom. The number of hydrogen-bond acceptors (Lipinski definition) is 4. The molecule has 0 unspecified atom stereocenters. The number of hydrogen-bond donors (Lipinski definition) is 1. The van der Waals surface area contributed by atoms with E-state index in [1.54, 1.807) is 18.2 Å². The Hall–Kier alpha value is -1.79. The summed E-state index contributed by atoms with van der Waals surface area (Å²) in [7, 11) is 0. The maximum Gasteiger partial charge on any atom is 0.255 e. The summed E-state index contributed by atoms with van der Waals surface area (Å²) in [5, 5.41) is 3.46. The smallest absolute Gasteiger partial charge is 0.255 e. The summed E-state index contributed by atoms with van der Waals surface area (Å²) < 4.78 is 5.84. The maximum absolute atomic E-state index is 12.7. The lowest BCUT2D eigenvalue weighted by atomic mass is 10.1. The minimum absolute atomic E-state index is 0.168. The molecule has 1 aromatic carbocycles. The Bertz CT molecular complexity index is 692. The first-order valence-corrected chi connectivity index (χ1v) is 11.2. The molecule has 6 nitrogen and oxygen atoms in total. The van der Waals surface area contributed by atoms with Gasteiger partial charge in [0.15, 0.2) is 0 Å². The van der Waals surface area contributed by atoms with Gasteiger partial charge in [-0.25, -0.2) is 0 Å². The van der Waals surface area contributed by atoms with E-state index < -0.39 is 0 Å². The highest BCUT2D eigenvalue weighted by atomic mass is 35.5. The van der Waals surface area contributed by atoms with Crippen LogP contribution in [0.5, 0.6) is 5.75 Å². The van der Waals surface area contributed by atoms with Gasteiger partial charge in [-0.3, -0.25) is 9.59 Å². The average molecular weight is 422 g/mol. The van der Waals surface area contributed by atoms with Gasteiger partial charge < -0.3 is 19.9 Å². The van der Waals surface area contributed by atoms with Crippen LogP contribution in [0.3, 0.4) is 0 Å². The molecule has 3 rings (SSSR count). The van der Waals surface area contributed by atoms with E-state index in [-0.39, 0.29) is 11.8 Å². The van der Waals surface area contributed by atoms with Crippen molar-refractivity contribution in [1.82, 2.24) is 15.1 Å². The van der Waals surface area contributed by atoms with Crippen molar-refractivity contribution in [3.8, 4) is 5.75 Å². The van der Waals surface area contributed by atoms with Crippen molar-refractivity contribution in [2.75, 3.05) is 45.9 Å². The average Bonchev–Trinajstić information content (AvgIpc) is 3.24. The van der Waals surface area contributed by atoms with E-state index in [9.17, 15) is 9.59 Å². The number of amides is 2. The Balaban J connectivity index is 1.54. The molecule has 2 amide bonds. The van der Waals surface area contributed by atoms with Crippen LogP contribution >= 0.6 is 11.6 Å². The quantitative estimate of drug-likeness (QED) is 0.813. The summed E-state index contributed by atoms with van der Waals surface area (Å²) in [6.07, 6.45) is 6.54. The Labute approximate surface area is 178 Å². The molecule has 0 aromatic heterocycles. The molecule has 7 heteroatoms. The van der Waals surface area contributed by atoms with Gasteiger partial charge in [-0.2, -0.15) is 0 Å². The molecular weight excluding hydrogens is 390 g/mol. The van der Waals surface area contributed by atoms with Crippen molar-refractivity contribution in [2.24, 2.45) is 0 Å². The Morgan fingerprint density at radius 1 is 1.03 bits per heavy atom. The van der Waals surface area contributed by atoms with E-state index in [1.807, 2.05) is 4.90 Å². The minimum atomic E-state index is -0.168. The van der Waals surface area contributed by atoms with Crippen LogP contribution in [0.2, 0.25) is 5.02 Å². The second-order valence-electron chi connectivity index (χ2n) is 7.84. The molecule has 2 aliphatic heterocycles. The summed E-state index contributed by atoms with van der Waals surface area (Å²) in [6.45, 7) is 5.71. The van der Waals surface area contributed by atoms with Gasteiger partial charge in [-0.1, -0.05) is 11.6 Å². The number of carbonyl (C=O) groups is 2. The SMILES string of the molecule is O=C1NCCCCN(C(=O)CCN2CCCC2)CCCCOc2ccc(Cl)cc21. The predicted octanol–water partition coefficient (Wildman–Crippen LogP) is 3.34. The number of carbonyl (C=O) groups excluding carboxylic acids is 2. The fourth-order valence-corrected chi connectivity index (χ4v) is 4.07. The number of nitrogens with one attached hydrogen (secondary N) is 1. The number of nitrogens with zero attached hydrogens (tertiary/aromatic N) is 2. The molecule has 0 radical (unpaired) electrons. The molecule has 0 saturated carbocycles. The molecule has 29 heavy (non-hydrogen) atoms. The number of likely N-dealkylation sites (tertiary alicyclic amines) is 1. The van der Waals surface area contributed by atoms with Crippen LogP contribution in [0.4, 0.5) is 0 Å². The normalized spacial score (nSPS) is 19.8. The lowest BCUT2D eigenvalue weighted by Crippen LogP contribution is -2.36. The summed E-state index contributed by atoms with van der Waals surface area (Å²) in [6, 6.07) is 5.13. The molecule has 0 atom stereocenters. The number of ether oxygens (including phenoxy) is 1. The standard InChI is InChI=1S/C22H32ClN3O3/c23-18-7-8-20-19(17-18)22(28)24-10-1-2-13-26(14-5-6-16-29-20)21(27)9-15-25-11-3-4-12-25/h7-8,17H,1-6,9-16H2,(H,24,28). The van der Waals surface area contributed by atoms with E-state index in [2.05, 4.69) is 10.2 Å². The molecule has 1 aromatic rings. The third kappa shape index (κ3) is 6.89. The first kappa shape index (κ1) is 21.9. The second kappa shape index (κ2) is 11.4. The molecule has 0 aliphatic carbocycles. The maximum atomic E-state index is 12.7. The zero-order valence-electron chi connectivity index (χ0n) is 17.1. The van der Waals surface area contributed by atoms with E-state index >= 15 is 0 Å². The number of benzene rings is 1. The van der Waals surface area contributed by atoms with Crippen LogP contribution in [-0.2, 0) is 4.79 Å². The minimum Gasteiger partial charge on any atom is -0.493 e. The number of fused-ring (bicyclic) bond motifs is 1. The first-order chi connectivity index (χ1) is 14.1. The molecule has 1 N–H and O–H groups in total. The second-order valence-corrected chi connectivity index (χ2v) is 8.28. The predicted molar refractivity (Wildman–Crippen MR) is 115 cm³/mol. The van der Waals surface area contributed by atoms with Crippen molar-refractivity contribution in [3.05, 3.63) is 28.8 Å². The van der Waals surface area contributed by atoms with Crippen molar-refractivity contribution in [3.63, 3.8) is 0 Å². The van der Waals surface area contributed by atoms with E-state index in [0.29, 0.717) is 35.9 Å². The monoisotopic (exact) mass is 421 g/mol. The largest absolute Gasteiger partial charge is 0.493 e. The van der Waals surface area contributed by atoms with E-state index in [4.69, 9.17) is 16.3 Å². The molecule has 160 valence electrons. The fourth-order valence-electron chi connectivity index (χ4n) is 3.90. The van der Waals surface area contributed by atoms with Crippen molar-refractivity contribution >= 4 is 23.4 Å². The summed E-state index contributed by atoms with van der Waals surface area (Å²) in [5.74, 6) is 0.634. The van der Waals surface area contributed by atoms with Gasteiger partial charge in [0, 0.05) is 37.6 Å².